The summed E-state index contributed by atoms with van der Waals surface area (Å²) in [6, 6.07) is 3.26. The van der Waals surface area contributed by atoms with Gasteiger partial charge in [0.25, 0.3) is 0 Å². The number of aliphatic carboxylic acids is 1. The highest BCUT2D eigenvalue weighted by Crippen LogP contribution is 2.36. The summed E-state index contributed by atoms with van der Waals surface area (Å²) in [7, 11) is 0. The Morgan fingerprint density at radius 3 is 1.93 bits per heavy atom. The van der Waals surface area contributed by atoms with Crippen molar-refractivity contribution in [3.8, 4) is 11.5 Å². The van der Waals surface area contributed by atoms with Crippen LogP contribution in [0.5, 0.6) is 11.5 Å². The van der Waals surface area contributed by atoms with E-state index in [-0.39, 0.29) is 53.5 Å². The molecule has 0 bridgehead atoms. The lowest BCUT2D eigenvalue weighted by molar-refractivity contribution is -0.155. The van der Waals surface area contributed by atoms with Crippen LogP contribution in [0.2, 0.25) is 0 Å². The molecule has 1 aromatic carbocycles. The molecule has 0 radical (unpaired) electrons. The molecule has 3 N–H and O–H groups in total. The van der Waals surface area contributed by atoms with E-state index in [2.05, 4.69) is 0 Å². The number of benzene rings is 1. The van der Waals surface area contributed by atoms with Crippen LogP contribution in [0, 0.1) is 16.7 Å². The highest BCUT2D eigenvalue weighted by atomic mass is 16.6. The second-order valence-corrected chi connectivity index (χ2v) is 13.4. The standard InChI is InChI=1S/C31H47NO8/c1-19(38-29(37)20-11-9-8-10-12-20)15-22(27(32)28(35)36)21-13-14-23(39-25(33)17-30(2,3)4)24(16-21)40-26(34)18-31(5,6)7/h13-14,16,19-20,22,27H,8-12,15,17-18,32H2,1-7H3,(H,35,36)/t19?,22?,27-/m0/s1. The Hall–Kier alpha value is -2.94. The number of esters is 3. The average Bonchev–Trinajstić information content (AvgIpc) is 2.81. The van der Waals surface area contributed by atoms with Gasteiger partial charge in [-0.3, -0.25) is 19.2 Å². The maximum Gasteiger partial charge on any atom is 0.321 e. The van der Waals surface area contributed by atoms with Crippen molar-refractivity contribution in [2.24, 2.45) is 22.5 Å². The number of hydrogen-bond acceptors (Lipinski definition) is 8. The second kappa shape index (κ2) is 14.1. The van der Waals surface area contributed by atoms with Crippen LogP contribution in [-0.2, 0) is 23.9 Å². The summed E-state index contributed by atoms with van der Waals surface area (Å²) < 4.78 is 16.9. The van der Waals surface area contributed by atoms with Crippen LogP contribution in [0.15, 0.2) is 18.2 Å². The van der Waals surface area contributed by atoms with Gasteiger partial charge in [0.1, 0.15) is 6.04 Å². The van der Waals surface area contributed by atoms with Crippen LogP contribution in [0.25, 0.3) is 0 Å². The monoisotopic (exact) mass is 561 g/mol. The zero-order valence-electron chi connectivity index (χ0n) is 25.1. The van der Waals surface area contributed by atoms with Crippen LogP contribution in [0.4, 0.5) is 0 Å². The number of rotatable bonds is 11. The van der Waals surface area contributed by atoms with Crippen molar-refractivity contribution >= 4 is 23.9 Å². The molecule has 0 saturated heterocycles. The van der Waals surface area contributed by atoms with E-state index in [4.69, 9.17) is 19.9 Å². The Labute approximate surface area is 238 Å². The number of hydrogen-bond donors (Lipinski definition) is 2. The third kappa shape index (κ3) is 11.3. The van der Waals surface area contributed by atoms with Gasteiger partial charge >= 0.3 is 23.9 Å². The molecule has 1 aliphatic carbocycles. The van der Waals surface area contributed by atoms with Crippen LogP contribution in [0.3, 0.4) is 0 Å². The van der Waals surface area contributed by atoms with Crippen molar-refractivity contribution < 1.29 is 38.5 Å². The normalized spacial score (nSPS) is 16.9. The maximum absolute atomic E-state index is 12.7. The number of carboxylic acid groups (broad SMARTS) is 1. The molecule has 1 saturated carbocycles. The van der Waals surface area contributed by atoms with Crippen molar-refractivity contribution in [1.29, 1.82) is 0 Å². The summed E-state index contributed by atoms with van der Waals surface area (Å²) in [4.78, 5) is 49.9. The SMILES string of the molecule is CC(CC(c1ccc(OC(=O)CC(C)(C)C)c(OC(=O)CC(C)(C)C)c1)[C@H](N)C(=O)O)OC(=O)C1CCCCC1. The Kier molecular flexibility index (Phi) is 11.7. The lowest BCUT2D eigenvalue weighted by Crippen LogP contribution is -2.38. The van der Waals surface area contributed by atoms with E-state index < -0.39 is 36.0 Å². The molecule has 224 valence electrons. The van der Waals surface area contributed by atoms with Crippen molar-refractivity contribution in [1.82, 2.24) is 0 Å². The number of carboxylic acids is 1. The van der Waals surface area contributed by atoms with Gasteiger partial charge in [0.2, 0.25) is 0 Å². The number of nitrogens with two attached hydrogens (primary N) is 1. The highest BCUT2D eigenvalue weighted by Gasteiger charge is 2.32. The summed E-state index contributed by atoms with van der Waals surface area (Å²) in [6.45, 7) is 13.1. The van der Waals surface area contributed by atoms with E-state index in [1.165, 1.54) is 12.1 Å². The Bertz CT molecular complexity index is 1050. The van der Waals surface area contributed by atoms with Gasteiger partial charge in [-0.05, 0) is 54.7 Å². The Balaban J connectivity index is 2.36. The van der Waals surface area contributed by atoms with Gasteiger partial charge in [-0.1, -0.05) is 66.9 Å². The van der Waals surface area contributed by atoms with Crippen LogP contribution >= 0.6 is 0 Å². The molecule has 1 aromatic rings. The minimum atomic E-state index is -1.32. The fraction of sp³-hybridized carbons (Fsp3) is 0.677. The van der Waals surface area contributed by atoms with E-state index in [1.807, 2.05) is 41.5 Å². The molecule has 9 nitrogen and oxygen atoms in total. The summed E-state index contributed by atoms with van der Waals surface area (Å²) in [6.07, 6.45) is 4.47. The van der Waals surface area contributed by atoms with Crippen LogP contribution in [0.1, 0.15) is 111 Å². The predicted molar refractivity (Wildman–Crippen MR) is 151 cm³/mol. The number of ether oxygens (including phenoxy) is 3. The summed E-state index contributed by atoms with van der Waals surface area (Å²) in [5.74, 6) is -3.36. The maximum atomic E-state index is 12.7. The fourth-order valence-corrected chi connectivity index (χ4v) is 4.80. The lowest BCUT2D eigenvalue weighted by atomic mass is 9.86. The molecular formula is C31H47NO8. The Morgan fingerprint density at radius 2 is 1.43 bits per heavy atom. The van der Waals surface area contributed by atoms with Gasteiger partial charge in [-0.25, -0.2) is 0 Å². The first-order valence-electron chi connectivity index (χ1n) is 14.2. The van der Waals surface area contributed by atoms with Crippen molar-refractivity contribution in [2.75, 3.05) is 0 Å². The molecule has 40 heavy (non-hydrogen) atoms. The minimum absolute atomic E-state index is 0.00320. The molecule has 0 spiro atoms. The molecule has 0 heterocycles. The molecule has 0 aromatic heterocycles. The minimum Gasteiger partial charge on any atom is -0.480 e. The first kappa shape index (κ1) is 33.3. The van der Waals surface area contributed by atoms with Crippen LogP contribution in [-0.4, -0.2) is 41.1 Å². The van der Waals surface area contributed by atoms with E-state index >= 15 is 0 Å². The summed E-state index contributed by atoms with van der Waals surface area (Å²) >= 11 is 0. The average molecular weight is 562 g/mol. The fourth-order valence-electron chi connectivity index (χ4n) is 4.80. The first-order valence-corrected chi connectivity index (χ1v) is 14.2. The van der Waals surface area contributed by atoms with Crippen LogP contribution < -0.4 is 15.2 Å². The van der Waals surface area contributed by atoms with Gasteiger partial charge in [-0.15, -0.1) is 0 Å². The van der Waals surface area contributed by atoms with Gasteiger partial charge in [0, 0.05) is 5.92 Å². The quantitative estimate of drug-likeness (QED) is 0.254. The third-order valence-electron chi connectivity index (χ3n) is 6.75. The van der Waals surface area contributed by atoms with Gasteiger partial charge < -0.3 is 25.1 Å². The van der Waals surface area contributed by atoms with E-state index in [1.54, 1.807) is 13.0 Å². The zero-order valence-corrected chi connectivity index (χ0v) is 25.1. The number of carbonyl (C=O) groups excluding carboxylic acids is 3. The van der Waals surface area contributed by atoms with Gasteiger partial charge in [0.15, 0.2) is 11.5 Å². The van der Waals surface area contributed by atoms with E-state index in [9.17, 15) is 24.3 Å². The molecular weight excluding hydrogens is 514 g/mol. The second-order valence-electron chi connectivity index (χ2n) is 13.4. The lowest BCUT2D eigenvalue weighted by Gasteiger charge is -2.27. The van der Waals surface area contributed by atoms with Crippen molar-refractivity contribution in [3.63, 3.8) is 0 Å². The molecule has 2 unspecified atom stereocenters. The zero-order chi connectivity index (χ0) is 30.3. The molecule has 0 amide bonds. The molecule has 9 heteroatoms. The van der Waals surface area contributed by atoms with Gasteiger partial charge in [0.05, 0.1) is 24.9 Å². The molecule has 3 atom stereocenters. The molecule has 2 rings (SSSR count). The first-order chi connectivity index (χ1) is 18.4. The van der Waals surface area contributed by atoms with Crippen molar-refractivity contribution in [3.05, 3.63) is 23.8 Å². The van der Waals surface area contributed by atoms with E-state index in [0.29, 0.717) is 5.56 Å². The molecule has 0 aliphatic heterocycles. The highest BCUT2D eigenvalue weighted by molar-refractivity contribution is 5.78. The molecule has 1 fully saturated rings. The largest absolute Gasteiger partial charge is 0.480 e. The topological polar surface area (TPSA) is 142 Å². The predicted octanol–water partition coefficient (Wildman–Crippen LogP) is 5.77. The smallest absolute Gasteiger partial charge is 0.321 e. The molecule has 1 aliphatic rings. The van der Waals surface area contributed by atoms with Crippen molar-refractivity contribution in [2.45, 2.75) is 118 Å². The summed E-state index contributed by atoms with van der Waals surface area (Å²) in [5, 5.41) is 9.75. The third-order valence-corrected chi connectivity index (χ3v) is 6.75. The summed E-state index contributed by atoms with van der Waals surface area (Å²) in [5.41, 5.74) is 5.91. The Morgan fingerprint density at radius 1 is 0.900 bits per heavy atom. The number of carbonyl (C=O) groups is 4. The van der Waals surface area contributed by atoms with Gasteiger partial charge in [-0.2, -0.15) is 0 Å². The van der Waals surface area contributed by atoms with E-state index in [0.717, 1.165) is 32.1 Å².